The molecule has 19 heavy (non-hydrogen) atoms. The van der Waals surface area contributed by atoms with E-state index in [2.05, 4.69) is 0 Å². The Bertz CT molecular complexity index is 573. The van der Waals surface area contributed by atoms with Crippen LogP contribution in [0, 0.1) is 18.4 Å². The molecule has 0 aliphatic rings. The molecule has 0 fully saturated rings. The van der Waals surface area contributed by atoms with Crippen molar-refractivity contribution in [2.45, 2.75) is 20.1 Å². The van der Waals surface area contributed by atoms with Gasteiger partial charge in [-0.15, -0.1) is 0 Å². The Hall–Kier alpha value is -2.47. The minimum absolute atomic E-state index is 0.307. The molecule has 0 amide bonds. The number of rotatable bonds is 5. The number of benzene rings is 2. The van der Waals surface area contributed by atoms with Crippen molar-refractivity contribution >= 4 is 0 Å². The minimum Gasteiger partial charge on any atom is -0.489 e. The number of aryl methyl sites for hydroxylation is 1. The van der Waals surface area contributed by atoms with Crippen molar-refractivity contribution in [1.82, 2.24) is 0 Å². The fourth-order valence-electron chi connectivity index (χ4n) is 1.77. The molecule has 96 valence electrons. The number of hydrogen-bond acceptors (Lipinski definition) is 3. The summed E-state index contributed by atoms with van der Waals surface area (Å²) in [6.45, 7) is 2.83. The van der Waals surface area contributed by atoms with Gasteiger partial charge in [-0.3, -0.25) is 0 Å². The molecule has 0 aromatic heterocycles. The monoisotopic (exact) mass is 253 g/mol. The zero-order valence-corrected chi connectivity index (χ0v) is 10.8. The molecule has 2 rings (SSSR count). The van der Waals surface area contributed by atoms with E-state index in [1.807, 2.05) is 55.5 Å². The van der Waals surface area contributed by atoms with Gasteiger partial charge in [0, 0.05) is 0 Å². The van der Waals surface area contributed by atoms with Gasteiger partial charge in [0.1, 0.15) is 19.0 Å². The first-order chi connectivity index (χ1) is 9.29. The van der Waals surface area contributed by atoms with Crippen molar-refractivity contribution in [3.63, 3.8) is 0 Å². The Morgan fingerprint density at radius 3 is 2.53 bits per heavy atom. The van der Waals surface area contributed by atoms with E-state index in [1.165, 1.54) is 0 Å². The highest BCUT2D eigenvalue weighted by Crippen LogP contribution is 2.19. The van der Waals surface area contributed by atoms with Gasteiger partial charge in [0.2, 0.25) is 0 Å². The number of nitriles is 1. The summed E-state index contributed by atoms with van der Waals surface area (Å²) in [5.41, 5.74) is 3.19. The standard InChI is InChI=1S/C16H15NO2/c1-13-9-16(8-7-15(13)11-18-12-17)19-10-14-5-3-2-4-6-14/h2-9H,10-11H2,1H3. The molecule has 2 aromatic rings. The normalized spacial score (nSPS) is 9.68. The highest BCUT2D eigenvalue weighted by Gasteiger charge is 2.02. The second-order valence-electron chi connectivity index (χ2n) is 4.24. The van der Waals surface area contributed by atoms with E-state index in [4.69, 9.17) is 14.7 Å². The van der Waals surface area contributed by atoms with Crippen molar-refractivity contribution in [3.05, 3.63) is 65.2 Å². The van der Waals surface area contributed by atoms with E-state index in [0.29, 0.717) is 13.2 Å². The SMILES string of the molecule is Cc1cc(OCc2ccccc2)ccc1COC#N. The molecule has 0 saturated carbocycles. The number of ether oxygens (including phenoxy) is 2. The van der Waals surface area contributed by atoms with Gasteiger partial charge in [-0.05, 0) is 35.7 Å². The summed E-state index contributed by atoms with van der Waals surface area (Å²) in [6.07, 6.45) is 1.67. The van der Waals surface area contributed by atoms with Crippen molar-refractivity contribution in [2.24, 2.45) is 0 Å². The van der Waals surface area contributed by atoms with Crippen molar-refractivity contribution in [1.29, 1.82) is 5.26 Å². The molecule has 0 bridgehead atoms. The van der Waals surface area contributed by atoms with Crippen LogP contribution in [0.4, 0.5) is 0 Å². The molecular formula is C16H15NO2. The second kappa shape index (κ2) is 6.46. The quantitative estimate of drug-likeness (QED) is 0.765. The van der Waals surface area contributed by atoms with Gasteiger partial charge in [0.05, 0.1) is 0 Å². The first-order valence-electron chi connectivity index (χ1n) is 6.07. The lowest BCUT2D eigenvalue weighted by atomic mass is 10.1. The molecule has 3 heteroatoms. The van der Waals surface area contributed by atoms with Crippen LogP contribution in [-0.2, 0) is 18.0 Å². The Morgan fingerprint density at radius 1 is 1.05 bits per heavy atom. The number of nitrogens with zero attached hydrogens (tertiary/aromatic N) is 1. The summed E-state index contributed by atoms with van der Waals surface area (Å²) in [6, 6.07) is 15.8. The Labute approximate surface area is 113 Å². The lowest BCUT2D eigenvalue weighted by Gasteiger charge is -2.09. The van der Waals surface area contributed by atoms with Crippen LogP contribution in [0.3, 0.4) is 0 Å². The summed E-state index contributed by atoms with van der Waals surface area (Å²) in [4.78, 5) is 0. The topological polar surface area (TPSA) is 42.2 Å². The maximum atomic E-state index is 8.39. The van der Waals surface area contributed by atoms with Gasteiger partial charge in [-0.1, -0.05) is 36.4 Å². The van der Waals surface area contributed by atoms with E-state index in [9.17, 15) is 0 Å². The molecule has 0 atom stereocenters. The third-order valence-electron chi connectivity index (χ3n) is 2.85. The van der Waals surface area contributed by atoms with E-state index < -0.39 is 0 Å². The minimum atomic E-state index is 0.307. The fourth-order valence-corrected chi connectivity index (χ4v) is 1.77. The molecule has 0 radical (unpaired) electrons. The smallest absolute Gasteiger partial charge is 0.286 e. The maximum Gasteiger partial charge on any atom is 0.286 e. The molecular weight excluding hydrogens is 238 g/mol. The highest BCUT2D eigenvalue weighted by molar-refractivity contribution is 5.34. The Balaban J connectivity index is 1.98. The van der Waals surface area contributed by atoms with Crippen molar-refractivity contribution in [2.75, 3.05) is 0 Å². The summed E-state index contributed by atoms with van der Waals surface area (Å²) in [5.74, 6) is 0.821. The molecule has 0 aliphatic heterocycles. The Morgan fingerprint density at radius 2 is 1.84 bits per heavy atom. The highest BCUT2D eigenvalue weighted by atomic mass is 16.5. The summed E-state index contributed by atoms with van der Waals surface area (Å²) < 4.78 is 10.5. The van der Waals surface area contributed by atoms with Gasteiger partial charge >= 0.3 is 0 Å². The second-order valence-corrected chi connectivity index (χ2v) is 4.24. The summed E-state index contributed by atoms with van der Waals surface area (Å²) in [5, 5.41) is 8.39. The van der Waals surface area contributed by atoms with Crippen LogP contribution in [0.15, 0.2) is 48.5 Å². The van der Waals surface area contributed by atoms with Crippen molar-refractivity contribution in [3.8, 4) is 12.0 Å². The number of hydrogen-bond donors (Lipinski definition) is 0. The molecule has 0 aliphatic carbocycles. The average molecular weight is 253 g/mol. The summed E-state index contributed by atoms with van der Waals surface area (Å²) >= 11 is 0. The van der Waals surface area contributed by atoms with Crippen LogP contribution < -0.4 is 4.74 Å². The largest absolute Gasteiger partial charge is 0.489 e. The lowest BCUT2D eigenvalue weighted by molar-refractivity contribution is 0.256. The van der Waals surface area contributed by atoms with Crippen LogP contribution in [0.1, 0.15) is 16.7 Å². The zero-order valence-electron chi connectivity index (χ0n) is 10.8. The maximum absolute atomic E-state index is 8.39. The van der Waals surface area contributed by atoms with Crippen LogP contribution in [0.5, 0.6) is 5.75 Å². The predicted molar refractivity (Wildman–Crippen MR) is 72.4 cm³/mol. The third-order valence-corrected chi connectivity index (χ3v) is 2.85. The van der Waals surface area contributed by atoms with Gasteiger partial charge in [0.15, 0.2) is 0 Å². The lowest BCUT2D eigenvalue weighted by Crippen LogP contribution is -1.97. The van der Waals surface area contributed by atoms with E-state index in [0.717, 1.165) is 22.4 Å². The molecule has 0 saturated heterocycles. The molecule has 0 spiro atoms. The molecule has 0 unspecified atom stereocenters. The van der Waals surface area contributed by atoms with Crippen LogP contribution in [0.2, 0.25) is 0 Å². The van der Waals surface area contributed by atoms with Crippen LogP contribution >= 0.6 is 0 Å². The summed E-state index contributed by atoms with van der Waals surface area (Å²) in [7, 11) is 0. The van der Waals surface area contributed by atoms with Gasteiger partial charge in [-0.2, -0.15) is 5.26 Å². The van der Waals surface area contributed by atoms with Gasteiger partial charge in [-0.25, -0.2) is 0 Å². The molecule has 3 nitrogen and oxygen atoms in total. The third kappa shape index (κ3) is 3.75. The van der Waals surface area contributed by atoms with Gasteiger partial charge < -0.3 is 9.47 Å². The van der Waals surface area contributed by atoms with Crippen LogP contribution in [-0.4, -0.2) is 0 Å². The zero-order chi connectivity index (χ0) is 13.5. The van der Waals surface area contributed by atoms with E-state index in [-0.39, 0.29) is 0 Å². The van der Waals surface area contributed by atoms with E-state index in [1.54, 1.807) is 6.26 Å². The molecule has 0 heterocycles. The fraction of sp³-hybridized carbons (Fsp3) is 0.188. The van der Waals surface area contributed by atoms with Crippen molar-refractivity contribution < 1.29 is 9.47 Å². The first-order valence-corrected chi connectivity index (χ1v) is 6.07. The average Bonchev–Trinajstić information content (AvgIpc) is 2.45. The molecule has 0 N–H and O–H groups in total. The van der Waals surface area contributed by atoms with E-state index >= 15 is 0 Å². The Kier molecular flexibility index (Phi) is 4.41. The van der Waals surface area contributed by atoms with Gasteiger partial charge in [0.25, 0.3) is 6.26 Å². The first kappa shape index (κ1) is 13.0. The predicted octanol–water partition coefficient (Wildman–Crippen LogP) is 3.57. The molecule has 2 aromatic carbocycles. The van der Waals surface area contributed by atoms with Crippen LogP contribution in [0.25, 0.3) is 0 Å².